The van der Waals surface area contributed by atoms with Gasteiger partial charge in [-0.15, -0.1) is 0 Å². The van der Waals surface area contributed by atoms with E-state index in [2.05, 4.69) is 10.3 Å². The molecule has 17 heavy (non-hydrogen) atoms. The number of rotatable bonds is 9. The summed E-state index contributed by atoms with van der Waals surface area (Å²) in [6, 6.07) is 3.88. The lowest BCUT2D eigenvalue weighted by molar-refractivity contribution is 0.0719. The van der Waals surface area contributed by atoms with Gasteiger partial charge in [0.25, 0.3) is 0 Å². The number of nitrogens with zero attached hydrogens (tertiary/aromatic N) is 1. The summed E-state index contributed by atoms with van der Waals surface area (Å²) in [4.78, 5) is 4.05. The first-order chi connectivity index (χ1) is 8.36. The van der Waals surface area contributed by atoms with Gasteiger partial charge in [-0.3, -0.25) is 0 Å². The Labute approximate surface area is 102 Å². The van der Waals surface area contributed by atoms with E-state index in [1.165, 1.54) is 0 Å². The lowest BCUT2D eigenvalue weighted by Gasteiger charge is -2.06. The van der Waals surface area contributed by atoms with Gasteiger partial charge in [-0.1, -0.05) is 0 Å². The normalized spacial score (nSPS) is 10.5. The second-order valence-electron chi connectivity index (χ2n) is 3.49. The largest absolute Gasteiger partial charge is 0.481 e. The summed E-state index contributed by atoms with van der Waals surface area (Å²) >= 11 is 0. The van der Waals surface area contributed by atoms with Crippen molar-refractivity contribution in [3.63, 3.8) is 0 Å². The van der Waals surface area contributed by atoms with Crippen molar-refractivity contribution in [2.24, 2.45) is 0 Å². The summed E-state index contributed by atoms with van der Waals surface area (Å²) in [5.41, 5.74) is 1.15. The summed E-state index contributed by atoms with van der Waals surface area (Å²) < 4.78 is 15.3. The van der Waals surface area contributed by atoms with Crippen LogP contribution in [0.1, 0.15) is 5.56 Å². The second kappa shape index (κ2) is 8.92. The topological polar surface area (TPSA) is 52.6 Å². The first-order valence-corrected chi connectivity index (χ1v) is 5.63. The van der Waals surface area contributed by atoms with E-state index in [9.17, 15) is 0 Å². The summed E-state index contributed by atoms with van der Waals surface area (Å²) in [6.45, 7) is 3.56. The fourth-order valence-electron chi connectivity index (χ4n) is 1.29. The zero-order chi connectivity index (χ0) is 12.3. The molecular formula is C12H20N2O3. The number of methoxy groups -OCH3 is 2. The van der Waals surface area contributed by atoms with Gasteiger partial charge in [-0.05, 0) is 11.6 Å². The highest BCUT2D eigenvalue weighted by Gasteiger charge is 1.96. The highest BCUT2D eigenvalue weighted by molar-refractivity contribution is 5.20. The maximum atomic E-state index is 5.33. The molecular weight excluding hydrogens is 220 g/mol. The maximum absolute atomic E-state index is 5.33. The van der Waals surface area contributed by atoms with E-state index in [0.29, 0.717) is 25.7 Å². The van der Waals surface area contributed by atoms with Crippen molar-refractivity contribution >= 4 is 0 Å². The van der Waals surface area contributed by atoms with E-state index < -0.39 is 0 Å². The van der Waals surface area contributed by atoms with E-state index in [4.69, 9.17) is 14.2 Å². The lowest BCUT2D eigenvalue weighted by atomic mass is 10.2. The number of hydrogen-bond donors (Lipinski definition) is 1. The predicted molar refractivity (Wildman–Crippen MR) is 65.2 cm³/mol. The minimum Gasteiger partial charge on any atom is -0.481 e. The minimum atomic E-state index is 0.639. The molecule has 0 atom stereocenters. The van der Waals surface area contributed by atoms with Gasteiger partial charge in [0.05, 0.1) is 26.9 Å². The van der Waals surface area contributed by atoms with Gasteiger partial charge < -0.3 is 19.5 Å². The highest BCUT2D eigenvalue weighted by atomic mass is 16.5. The fourth-order valence-corrected chi connectivity index (χ4v) is 1.29. The molecule has 1 heterocycles. The van der Waals surface area contributed by atoms with Crippen molar-refractivity contribution in [2.45, 2.75) is 6.54 Å². The average Bonchev–Trinajstić information content (AvgIpc) is 2.38. The summed E-state index contributed by atoms with van der Waals surface area (Å²) in [7, 11) is 3.28. The van der Waals surface area contributed by atoms with Crippen LogP contribution in [0.15, 0.2) is 18.3 Å². The number of aromatic nitrogens is 1. The van der Waals surface area contributed by atoms with Crippen LogP contribution < -0.4 is 10.1 Å². The predicted octanol–water partition coefficient (Wildman–Crippen LogP) is 0.843. The Balaban J connectivity index is 2.09. The SMILES string of the molecule is COCCOCCNCc1ccnc(OC)c1. The Morgan fingerprint density at radius 3 is 2.88 bits per heavy atom. The Morgan fingerprint density at radius 1 is 1.24 bits per heavy atom. The van der Waals surface area contributed by atoms with E-state index in [-0.39, 0.29) is 0 Å². The molecule has 1 aromatic heterocycles. The smallest absolute Gasteiger partial charge is 0.213 e. The van der Waals surface area contributed by atoms with Gasteiger partial charge in [0, 0.05) is 32.5 Å². The second-order valence-corrected chi connectivity index (χ2v) is 3.49. The van der Waals surface area contributed by atoms with Crippen LogP contribution in [0.25, 0.3) is 0 Å². The van der Waals surface area contributed by atoms with Gasteiger partial charge in [0.15, 0.2) is 0 Å². The monoisotopic (exact) mass is 240 g/mol. The standard InChI is InChI=1S/C12H20N2O3/c1-15-7-8-17-6-5-13-10-11-3-4-14-12(9-11)16-2/h3-4,9,13H,5-8,10H2,1-2H3. The Hall–Kier alpha value is -1.17. The van der Waals surface area contributed by atoms with Crippen LogP contribution in [0, 0.1) is 0 Å². The van der Waals surface area contributed by atoms with Crippen molar-refractivity contribution in [1.82, 2.24) is 10.3 Å². The molecule has 5 nitrogen and oxygen atoms in total. The molecule has 0 saturated heterocycles. The number of pyridine rings is 1. The van der Waals surface area contributed by atoms with Crippen LogP contribution in [0.4, 0.5) is 0 Å². The number of hydrogen-bond acceptors (Lipinski definition) is 5. The molecule has 0 unspecified atom stereocenters. The molecule has 0 bridgehead atoms. The summed E-state index contributed by atoms with van der Waals surface area (Å²) in [5.74, 6) is 0.639. The van der Waals surface area contributed by atoms with E-state index in [1.54, 1.807) is 20.4 Å². The Bertz CT molecular complexity index is 308. The fraction of sp³-hybridized carbons (Fsp3) is 0.583. The number of ether oxygens (including phenoxy) is 3. The van der Waals surface area contributed by atoms with Gasteiger partial charge in [-0.25, -0.2) is 4.98 Å². The molecule has 0 saturated carbocycles. The average molecular weight is 240 g/mol. The van der Waals surface area contributed by atoms with E-state index in [1.807, 2.05) is 12.1 Å². The third-order valence-corrected chi connectivity index (χ3v) is 2.19. The molecule has 0 aliphatic rings. The molecule has 1 aromatic rings. The van der Waals surface area contributed by atoms with Gasteiger partial charge in [0.2, 0.25) is 5.88 Å². The van der Waals surface area contributed by atoms with Crippen molar-refractivity contribution in [3.8, 4) is 5.88 Å². The molecule has 0 amide bonds. The van der Waals surface area contributed by atoms with Crippen molar-refractivity contribution < 1.29 is 14.2 Å². The molecule has 0 aliphatic heterocycles. The third kappa shape index (κ3) is 6.21. The van der Waals surface area contributed by atoms with Crippen LogP contribution in [-0.2, 0) is 16.0 Å². The molecule has 0 radical (unpaired) electrons. The quantitative estimate of drug-likeness (QED) is 0.648. The first-order valence-electron chi connectivity index (χ1n) is 5.63. The minimum absolute atomic E-state index is 0.639. The van der Waals surface area contributed by atoms with Crippen LogP contribution >= 0.6 is 0 Å². The maximum Gasteiger partial charge on any atom is 0.213 e. The van der Waals surface area contributed by atoms with Crippen molar-refractivity contribution in [1.29, 1.82) is 0 Å². The number of nitrogens with one attached hydrogen (secondary N) is 1. The molecule has 96 valence electrons. The molecule has 0 aromatic carbocycles. The first kappa shape index (κ1) is 13.9. The van der Waals surface area contributed by atoms with Crippen molar-refractivity contribution in [3.05, 3.63) is 23.9 Å². The van der Waals surface area contributed by atoms with Gasteiger partial charge in [-0.2, -0.15) is 0 Å². The van der Waals surface area contributed by atoms with Crippen LogP contribution in [-0.4, -0.2) is 45.6 Å². The Morgan fingerprint density at radius 2 is 2.12 bits per heavy atom. The molecule has 0 spiro atoms. The van der Waals surface area contributed by atoms with Crippen LogP contribution in [0.2, 0.25) is 0 Å². The van der Waals surface area contributed by atoms with Gasteiger partial charge in [0.1, 0.15) is 0 Å². The lowest BCUT2D eigenvalue weighted by Crippen LogP contribution is -2.20. The van der Waals surface area contributed by atoms with Gasteiger partial charge >= 0.3 is 0 Å². The Kier molecular flexibility index (Phi) is 7.29. The van der Waals surface area contributed by atoms with Crippen molar-refractivity contribution in [2.75, 3.05) is 40.6 Å². The molecule has 0 fully saturated rings. The summed E-state index contributed by atoms with van der Waals surface area (Å²) in [5, 5.41) is 3.28. The molecule has 0 aliphatic carbocycles. The summed E-state index contributed by atoms with van der Waals surface area (Å²) in [6.07, 6.45) is 1.74. The highest BCUT2D eigenvalue weighted by Crippen LogP contribution is 2.07. The van der Waals surface area contributed by atoms with E-state index in [0.717, 1.165) is 18.7 Å². The molecule has 1 N–H and O–H groups in total. The third-order valence-electron chi connectivity index (χ3n) is 2.19. The zero-order valence-corrected chi connectivity index (χ0v) is 10.4. The van der Waals surface area contributed by atoms with Crippen LogP contribution in [0.3, 0.4) is 0 Å². The van der Waals surface area contributed by atoms with Crippen LogP contribution in [0.5, 0.6) is 5.88 Å². The van der Waals surface area contributed by atoms with E-state index >= 15 is 0 Å². The zero-order valence-electron chi connectivity index (χ0n) is 10.4. The molecule has 1 rings (SSSR count). The molecule has 5 heteroatoms.